The summed E-state index contributed by atoms with van der Waals surface area (Å²) in [5.41, 5.74) is 3.38. The zero-order valence-corrected chi connectivity index (χ0v) is 19.7. The Morgan fingerprint density at radius 2 is 1.72 bits per heavy atom. The molecule has 2 N–H and O–H groups in total. The Morgan fingerprint density at radius 1 is 1.03 bits per heavy atom. The number of halogens is 3. The molecule has 0 radical (unpaired) electrons. The Kier molecular flexibility index (Phi) is 7.37. The largest absolute Gasteiger partial charge is 0.353 e. The normalized spacial score (nSPS) is 18.2. The van der Waals surface area contributed by atoms with Gasteiger partial charge in [0.15, 0.2) is 0 Å². The van der Waals surface area contributed by atoms with Crippen molar-refractivity contribution in [3.05, 3.63) is 65.6 Å². The van der Waals surface area contributed by atoms with E-state index in [1.165, 1.54) is 12.1 Å². The minimum Gasteiger partial charge on any atom is -0.353 e. The number of rotatable bonds is 6. The van der Waals surface area contributed by atoms with Gasteiger partial charge in [0.25, 0.3) is 0 Å². The van der Waals surface area contributed by atoms with Gasteiger partial charge >= 0.3 is 0 Å². The summed E-state index contributed by atoms with van der Waals surface area (Å²) in [5, 5.41) is 7.24. The van der Waals surface area contributed by atoms with Crippen LogP contribution in [0.2, 0.25) is 5.02 Å². The molecular weight excluding hydrogens is 495 g/mol. The number of aromatic nitrogens is 2. The molecule has 32 heavy (non-hydrogen) atoms. The van der Waals surface area contributed by atoms with Gasteiger partial charge in [0.05, 0.1) is 22.2 Å². The SMILES string of the molecule is O=C(CBr)N[C@H]1CC[C@H](Nc2ncc(Cl)c(-c3cccc(-c4ccc(F)cc4)c3)n2)CC1. The third kappa shape index (κ3) is 5.64. The zero-order valence-electron chi connectivity index (χ0n) is 17.3. The first-order valence-electron chi connectivity index (χ1n) is 10.5. The summed E-state index contributed by atoms with van der Waals surface area (Å²) >= 11 is 9.61. The summed E-state index contributed by atoms with van der Waals surface area (Å²) in [5.74, 6) is 0.290. The van der Waals surface area contributed by atoms with E-state index in [1.807, 2.05) is 24.3 Å². The first kappa shape index (κ1) is 22.7. The number of benzene rings is 2. The second-order valence-electron chi connectivity index (χ2n) is 7.87. The number of hydrogen-bond donors (Lipinski definition) is 2. The van der Waals surface area contributed by atoms with E-state index < -0.39 is 0 Å². The summed E-state index contributed by atoms with van der Waals surface area (Å²) in [6.45, 7) is 0. The molecule has 1 aromatic heterocycles. The first-order valence-corrected chi connectivity index (χ1v) is 12.0. The van der Waals surface area contributed by atoms with Crippen molar-refractivity contribution in [1.29, 1.82) is 0 Å². The van der Waals surface area contributed by atoms with Gasteiger partial charge in [0.1, 0.15) is 5.82 Å². The van der Waals surface area contributed by atoms with Crippen LogP contribution in [0.4, 0.5) is 10.3 Å². The van der Waals surface area contributed by atoms with Crippen LogP contribution >= 0.6 is 27.5 Å². The lowest BCUT2D eigenvalue weighted by Gasteiger charge is -2.29. The molecule has 5 nitrogen and oxygen atoms in total. The van der Waals surface area contributed by atoms with Gasteiger partial charge in [0.2, 0.25) is 11.9 Å². The maximum Gasteiger partial charge on any atom is 0.230 e. The molecule has 1 saturated carbocycles. The Labute approximate surface area is 199 Å². The minimum absolute atomic E-state index is 0.0231. The number of carbonyl (C=O) groups excluding carboxylic acids is 1. The van der Waals surface area contributed by atoms with E-state index in [1.54, 1.807) is 18.3 Å². The van der Waals surface area contributed by atoms with Gasteiger partial charge in [0, 0.05) is 17.6 Å². The number of nitrogens with zero attached hydrogens (tertiary/aromatic N) is 2. The van der Waals surface area contributed by atoms with Crippen molar-refractivity contribution < 1.29 is 9.18 Å². The van der Waals surface area contributed by atoms with Gasteiger partial charge in [-0.05, 0) is 55.0 Å². The van der Waals surface area contributed by atoms with E-state index in [2.05, 4.69) is 36.5 Å². The lowest BCUT2D eigenvalue weighted by molar-refractivity contribution is -0.119. The molecule has 166 valence electrons. The third-order valence-electron chi connectivity index (χ3n) is 5.60. The van der Waals surface area contributed by atoms with Crippen molar-refractivity contribution >= 4 is 39.4 Å². The highest BCUT2D eigenvalue weighted by Gasteiger charge is 2.23. The van der Waals surface area contributed by atoms with Crippen LogP contribution in [0.5, 0.6) is 0 Å². The van der Waals surface area contributed by atoms with Crippen LogP contribution in [0.25, 0.3) is 22.4 Å². The lowest BCUT2D eigenvalue weighted by atomic mass is 9.91. The second kappa shape index (κ2) is 10.4. The van der Waals surface area contributed by atoms with E-state index in [0.29, 0.717) is 22.0 Å². The van der Waals surface area contributed by atoms with Gasteiger partial charge in [-0.2, -0.15) is 0 Å². The monoisotopic (exact) mass is 516 g/mol. The van der Waals surface area contributed by atoms with Gasteiger partial charge in [-0.3, -0.25) is 4.79 Å². The third-order valence-corrected chi connectivity index (χ3v) is 6.39. The van der Waals surface area contributed by atoms with Crippen molar-refractivity contribution in [1.82, 2.24) is 15.3 Å². The molecule has 0 aliphatic heterocycles. The number of amides is 1. The maximum absolute atomic E-state index is 13.3. The van der Waals surface area contributed by atoms with Crippen LogP contribution in [0, 0.1) is 5.82 Å². The van der Waals surface area contributed by atoms with Crippen LogP contribution in [0.15, 0.2) is 54.7 Å². The predicted molar refractivity (Wildman–Crippen MR) is 129 cm³/mol. The highest BCUT2D eigenvalue weighted by molar-refractivity contribution is 9.09. The average molecular weight is 518 g/mol. The summed E-state index contributed by atoms with van der Waals surface area (Å²) in [4.78, 5) is 20.6. The molecule has 1 aliphatic rings. The van der Waals surface area contributed by atoms with E-state index in [-0.39, 0.29) is 23.8 Å². The summed E-state index contributed by atoms with van der Waals surface area (Å²) < 4.78 is 13.3. The quantitative estimate of drug-likeness (QED) is 0.403. The maximum atomic E-state index is 13.3. The van der Waals surface area contributed by atoms with E-state index in [4.69, 9.17) is 11.6 Å². The van der Waals surface area contributed by atoms with Crippen LogP contribution in [0.1, 0.15) is 25.7 Å². The summed E-state index contributed by atoms with van der Waals surface area (Å²) in [6, 6.07) is 14.7. The van der Waals surface area contributed by atoms with Crippen LogP contribution in [0.3, 0.4) is 0 Å². The molecule has 1 fully saturated rings. The van der Waals surface area contributed by atoms with E-state index >= 15 is 0 Å². The standard InChI is InChI=1S/C24H23BrClFN4O/c25-13-22(32)29-19-8-10-20(11-9-19)30-24-28-14-21(26)23(31-24)17-3-1-2-16(12-17)15-4-6-18(27)7-5-15/h1-7,12,14,19-20H,8-11,13H2,(H,29,32)(H,28,30,31)/t19-,20-. The molecule has 3 aromatic rings. The lowest BCUT2D eigenvalue weighted by Crippen LogP contribution is -2.40. The van der Waals surface area contributed by atoms with Gasteiger partial charge in [-0.25, -0.2) is 14.4 Å². The average Bonchev–Trinajstić information content (AvgIpc) is 2.82. The van der Waals surface area contributed by atoms with Crippen LogP contribution < -0.4 is 10.6 Å². The highest BCUT2D eigenvalue weighted by atomic mass is 79.9. The number of anilines is 1. The van der Waals surface area contributed by atoms with E-state index in [9.17, 15) is 9.18 Å². The Bertz CT molecular complexity index is 1090. The molecule has 0 unspecified atom stereocenters. The molecule has 8 heteroatoms. The number of carbonyl (C=O) groups is 1. The Morgan fingerprint density at radius 3 is 2.44 bits per heavy atom. The number of hydrogen-bond acceptors (Lipinski definition) is 4. The smallest absolute Gasteiger partial charge is 0.230 e. The Hall–Kier alpha value is -2.51. The van der Waals surface area contributed by atoms with Crippen molar-refractivity contribution in [2.75, 3.05) is 10.6 Å². The highest BCUT2D eigenvalue weighted by Crippen LogP contribution is 2.31. The first-order chi connectivity index (χ1) is 15.5. The predicted octanol–water partition coefficient (Wildman–Crippen LogP) is 5.84. The van der Waals surface area contributed by atoms with Crippen molar-refractivity contribution in [3.8, 4) is 22.4 Å². The zero-order chi connectivity index (χ0) is 22.5. The van der Waals surface area contributed by atoms with Gasteiger partial charge in [-0.15, -0.1) is 0 Å². The van der Waals surface area contributed by atoms with E-state index in [0.717, 1.165) is 42.4 Å². The summed E-state index contributed by atoms with van der Waals surface area (Å²) in [6.07, 6.45) is 5.29. The molecule has 0 spiro atoms. The van der Waals surface area contributed by atoms with Gasteiger partial charge in [-0.1, -0.05) is 57.9 Å². The van der Waals surface area contributed by atoms with Crippen molar-refractivity contribution in [2.45, 2.75) is 37.8 Å². The fourth-order valence-electron chi connectivity index (χ4n) is 3.96. The molecule has 4 rings (SSSR count). The van der Waals surface area contributed by atoms with Gasteiger partial charge < -0.3 is 10.6 Å². The minimum atomic E-state index is -0.265. The summed E-state index contributed by atoms with van der Waals surface area (Å²) in [7, 11) is 0. The fraction of sp³-hybridized carbons (Fsp3) is 0.292. The molecule has 2 aromatic carbocycles. The molecule has 1 heterocycles. The van der Waals surface area contributed by atoms with Crippen molar-refractivity contribution in [2.24, 2.45) is 0 Å². The molecular formula is C24H23BrClFN4O. The molecule has 1 aliphatic carbocycles. The molecule has 1 amide bonds. The molecule has 0 bridgehead atoms. The fourth-order valence-corrected chi connectivity index (χ4v) is 4.32. The molecule has 0 atom stereocenters. The Balaban J connectivity index is 1.47. The number of alkyl halides is 1. The van der Waals surface area contributed by atoms with Crippen molar-refractivity contribution in [3.63, 3.8) is 0 Å². The topological polar surface area (TPSA) is 66.9 Å². The van der Waals surface area contributed by atoms with Crippen LogP contribution in [-0.4, -0.2) is 33.3 Å². The second-order valence-corrected chi connectivity index (χ2v) is 8.84. The molecule has 0 saturated heterocycles. The number of nitrogens with one attached hydrogen (secondary N) is 2. The van der Waals surface area contributed by atoms with Crippen LogP contribution in [-0.2, 0) is 4.79 Å².